The summed E-state index contributed by atoms with van der Waals surface area (Å²) in [5.41, 5.74) is 2.68. The maximum atomic E-state index is 6.01. The first-order chi connectivity index (χ1) is 10.1. The van der Waals surface area contributed by atoms with Crippen LogP contribution in [0.2, 0.25) is 0 Å². The third kappa shape index (κ3) is 3.57. The number of fused-ring (bicyclic) bond motifs is 1. The number of nitrogens with zero attached hydrogens (tertiary/aromatic N) is 2. The second kappa shape index (κ2) is 6.34. The lowest BCUT2D eigenvalue weighted by Gasteiger charge is -2.38. The van der Waals surface area contributed by atoms with Crippen LogP contribution in [0.1, 0.15) is 11.1 Å². The fraction of sp³-hybridized carbons (Fsp3) is 0.647. The summed E-state index contributed by atoms with van der Waals surface area (Å²) in [5.74, 6) is 1.07. The van der Waals surface area contributed by atoms with Crippen LogP contribution in [0.3, 0.4) is 0 Å². The van der Waals surface area contributed by atoms with Crippen LogP contribution >= 0.6 is 0 Å². The maximum absolute atomic E-state index is 6.01. The van der Waals surface area contributed by atoms with Gasteiger partial charge < -0.3 is 15.0 Å². The van der Waals surface area contributed by atoms with E-state index in [1.807, 2.05) is 0 Å². The Hall–Kier alpha value is -1.10. The smallest absolute Gasteiger partial charge is 0.123 e. The Labute approximate surface area is 128 Å². The summed E-state index contributed by atoms with van der Waals surface area (Å²) in [6.07, 6.45) is 1.32. The highest BCUT2D eigenvalue weighted by molar-refractivity contribution is 5.40. The molecule has 0 radical (unpaired) electrons. The van der Waals surface area contributed by atoms with Crippen LogP contribution in [-0.2, 0) is 6.42 Å². The fourth-order valence-corrected chi connectivity index (χ4v) is 3.30. The Morgan fingerprint density at radius 1 is 1.24 bits per heavy atom. The van der Waals surface area contributed by atoms with Gasteiger partial charge in [0.2, 0.25) is 0 Å². The number of hydrogen-bond donors (Lipinski definition) is 1. The predicted octanol–water partition coefficient (Wildman–Crippen LogP) is 1.13. The van der Waals surface area contributed by atoms with Gasteiger partial charge in [-0.25, -0.2) is 0 Å². The van der Waals surface area contributed by atoms with E-state index in [4.69, 9.17) is 4.74 Å². The van der Waals surface area contributed by atoms with Gasteiger partial charge >= 0.3 is 0 Å². The molecule has 1 N–H and O–H groups in total. The van der Waals surface area contributed by atoms with Crippen molar-refractivity contribution in [2.45, 2.75) is 25.5 Å². The predicted molar refractivity (Wildman–Crippen MR) is 86.1 cm³/mol. The normalized spacial score (nSPS) is 26.6. The van der Waals surface area contributed by atoms with Gasteiger partial charge in [-0.05, 0) is 32.6 Å². The maximum Gasteiger partial charge on any atom is 0.123 e. The van der Waals surface area contributed by atoms with Gasteiger partial charge in [-0.3, -0.25) is 4.90 Å². The van der Waals surface area contributed by atoms with Gasteiger partial charge in [-0.15, -0.1) is 0 Å². The number of ether oxygens (including phenoxy) is 1. The first-order valence-electron chi connectivity index (χ1n) is 7.97. The summed E-state index contributed by atoms with van der Waals surface area (Å²) in [6.45, 7) is 7.59. The third-order valence-electron chi connectivity index (χ3n) is 4.69. The number of hydrogen-bond acceptors (Lipinski definition) is 4. The van der Waals surface area contributed by atoms with Crippen LogP contribution in [0.25, 0.3) is 0 Å². The first kappa shape index (κ1) is 14.8. The topological polar surface area (TPSA) is 27.7 Å². The lowest BCUT2D eigenvalue weighted by molar-refractivity contribution is 0.111. The Balaban J connectivity index is 1.45. The Bertz CT molecular complexity index is 491. The quantitative estimate of drug-likeness (QED) is 0.899. The molecule has 0 saturated carbocycles. The van der Waals surface area contributed by atoms with E-state index in [-0.39, 0.29) is 6.10 Å². The van der Waals surface area contributed by atoms with Crippen molar-refractivity contribution >= 4 is 0 Å². The van der Waals surface area contributed by atoms with Crippen LogP contribution in [-0.4, -0.2) is 68.8 Å². The summed E-state index contributed by atoms with van der Waals surface area (Å²) >= 11 is 0. The van der Waals surface area contributed by atoms with Gasteiger partial charge in [-0.1, -0.05) is 17.7 Å². The minimum Gasteiger partial charge on any atom is -0.488 e. The highest BCUT2D eigenvalue weighted by atomic mass is 16.5. The molecule has 4 nitrogen and oxygen atoms in total. The van der Waals surface area contributed by atoms with Crippen molar-refractivity contribution in [2.24, 2.45) is 0 Å². The molecule has 116 valence electrons. The molecule has 1 fully saturated rings. The lowest BCUT2D eigenvalue weighted by Crippen LogP contribution is -2.54. The van der Waals surface area contributed by atoms with Gasteiger partial charge in [0, 0.05) is 45.2 Å². The monoisotopic (exact) mass is 289 g/mol. The summed E-state index contributed by atoms with van der Waals surface area (Å²) in [7, 11) is 4.43. The third-order valence-corrected chi connectivity index (χ3v) is 4.69. The second-order valence-corrected chi connectivity index (χ2v) is 6.61. The highest BCUT2D eigenvalue weighted by Crippen LogP contribution is 2.29. The molecule has 1 saturated heterocycles. The molecule has 2 aliphatic rings. The van der Waals surface area contributed by atoms with Crippen LogP contribution in [0.4, 0.5) is 0 Å². The molecule has 2 unspecified atom stereocenters. The van der Waals surface area contributed by atoms with E-state index in [9.17, 15) is 0 Å². The summed E-state index contributed by atoms with van der Waals surface area (Å²) in [4.78, 5) is 4.87. The number of benzene rings is 1. The van der Waals surface area contributed by atoms with Crippen molar-refractivity contribution < 1.29 is 4.74 Å². The molecule has 0 aliphatic carbocycles. The molecule has 4 heteroatoms. The number of aryl methyl sites for hydroxylation is 1. The average molecular weight is 289 g/mol. The number of likely N-dealkylation sites (N-methyl/N-ethyl adjacent to an activating group) is 2. The number of nitrogens with one attached hydrogen (secondary N) is 1. The standard InChI is InChI=1S/C17H27N3O/c1-13-4-5-17-14(8-13)9-16(21-17)11-18-10-15-12-19(2)6-7-20(15)3/h4-5,8,15-16,18H,6-7,9-12H2,1-3H3. The number of rotatable bonds is 4. The molecule has 0 spiro atoms. The molecule has 1 aromatic carbocycles. The zero-order valence-electron chi connectivity index (χ0n) is 13.4. The molecule has 2 heterocycles. The van der Waals surface area contributed by atoms with E-state index in [0.717, 1.165) is 38.3 Å². The van der Waals surface area contributed by atoms with Gasteiger partial charge in [0.25, 0.3) is 0 Å². The molecule has 1 aromatic rings. The van der Waals surface area contributed by atoms with Crippen molar-refractivity contribution in [1.82, 2.24) is 15.1 Å². The fourth-order valence-electron chi connectivity index (χ4n) is 3.30. The largest absolute Gasteiger partial charge is 0.488 e. The molecule has 0 bridgehead atoms. The minimum atomic E-state index is 0.286. The Kier molecular flexibility index (Phi) is 4.48. The van der Waals surface area contributed by atoms with Gasteiger partial charge in [0.05, 0.1) is 0 Å². The zero-order chi connectivity index (χ0) is 14.8. The highest BCUT2D eigenvalue weighted by Gasteiger charge is 2.25. The van der Waals surface area contributed by atoms with Gasteiger partial charge in [-0.2, -0.15) is 0 Å². The van der Waals surface area contributed by atoms with Crippen molar-refractivity contribution in [1.29, 1.82) is 0 Å². The Morgan fingerprint density at radius 3 is 2.95 bits per heavy atom. The van der Waals surface area contributed by atoms with Crippen molar-refractivity contribution in [3.05, 3.63) is 29.3 Å². The first-order valence-corrected chi connectivity index (χ1v) is 7.97. The van der Waals surface area contributed by atoms with Gasteiger partial charge in [0.1, 0.15) is 11.9 Å². The summed E-state index contributed by atoms with van der Waals surface area (Å²) < 4.78 is 6.01. The molecule has 2 aliphatic heterocycles. The van der Waals surface area contributed by atoms with Crippen LogP contribution in [0, 0.1) is 6.92 Å². The molecule has 0 amide bonds. The zero-order valence-corrected chi connectivity index (χ0v) is 13.4. The van der Waals surface area contributed by atoms with Crippen LogP contribution in [0.5, 0.6) is 5.75 Å². The van der Waals surface area contributed by atoms with E-state index in [2.05, 4.69) is 54.3 Å². The summed E-state index contributed by atoms with van der Waals surface area (Å²) in [5, 5.41) is 3.60. The van der Waals surface area contributed by atoms with Crippen molar-refractivity contribution in [2.75, 3.05) is 46.8 Å². The molecular formula is C17H27N3O. The van der Waals surface area contributed by atoms with E-state index in [1.54, 1.807) is 0 Å². The van der Waals surface area contributed by atoms with Gasteiger partial charge in [0.15, 0.2) is 0 Å². The molecule has 3 rings (SSSR count). The Morgan fingerprint density at radius 2 is 2.10 bits per heavy atom. The summed E-state index contributed by atoms with van der Waals surface area (Å²) in [6, 6.07) is 7.09. The van der Waals surface area contributed by atoms with Crippen molar-refractivity contribution in [3.63, 3.8) is 0 Å². The second-order valence-electron chi connectivity index (χ2n) is 6.61. The van der Waals surface area contributed by atoms with E-state index >= 15 is 0 Å². The van der Waals surface area contributed by atoms with E-state index in [1.165, 1.54) is 17.7 Å². The van der Waals surface area contributed by atoms with Crippen LogP contribution in [0.15, 0.2) is 18.2 Å². The molecule has 2 atom stereocenters. The number of piperazine rings is 1. The van der Waals surface area contributed by atoms with Crippen molar-refractivity contribution in [3.8, 4) is 5.75 Å². The average Bonchev–Trinajstić information content (AvgIpc) is 2.84. The van der Waals surface area contributed by atoms with Crippen LogP contribution < -0.4 is 10.1 Å². The molecule has 21 heavy (non-hydrogen) atoms. The molecular weight excluding hydrogens is 262 g/mol. The van der Waals surface area contributed by atoms with E-state index < -0.39 is 0 Å². The molecule has 0 aromatic heterocycles. The lowest BCUT2D eigenvalue weighted by atomic mass is 10.1. The SMILES string of the molecule is Cc1ccc2c(c1)CC(CNCC1CN(C)CCN1C)O2. The van der Waals surface area contributed by atoms with E-state index in [0.29, 0.717) is 6.04 Å². The minimum absolute atomic E-state index is 0.286.